The molecule has 0 radical (unpaired) electrons. The van der Waals surface area contributed by atoms with E-state index in [0.29, 0.717) is 12.0 Å². The van der Waals surface area contributed by atoms with Crippen LogP contribution < -0.4 is 0 Å². The average Bonchev–Trinajstić information content (AvgIpc) is 2.76. The van der Waals surface area contributed by atoms with E-state index in [4.69, 9.17) is 5.11 Å². The Hall–Kier alpha value is -1.84. The van der Waals surface area contributed by atoms with Crippen LogP contribution in [-0.4, -0.2) is 66.8 Å². The SMILES string of the molecule is CCc1ccc(Cc2ccc(CO)c(C(O)[C@H](O)[C@@H](O)[C@H](O)[C@H](O)CO)c2)cc1. The molecule has 0 bridgehead atoms. The monoisotopic (exact) mass is 406 g/mol. The fraction of sp³-hybridized carbons (Fsp3) is 0.455. The van der Waals surface area contributed by atoms with Gasteiger partial charge in [-0.3, -0.25) is 0 Å². The van der Waals surface area contributed by atoms with Gasteiger partial charge in [0.05, 0.1) is 13.2 Å². The van der Waals surface area contributed by atoms with E-state index in [1.54, 1.807) is 12.1 Å². The Kier molecular flexibility index (Phi) is 8.73. The van der Waals surface area contributed by atoms with Gasteiger partial charge in [0, 0.05) is 0 Å². The normalized spacial score (nSPS) is 16.8. The van der Waals surface area contributed by atoms with Crippen molar-refractivity contribution in [1.82, 2.24) is 0 Å². The molecule has 29 heavy (non-hydrogen) atoms. The molecule has 5 atom stereocenters. The van der Waals surface area contributed by atoms with E-state index < -0.39 is 37.1 Å². The second-order valence-corrected chi connectivity index (χ2v) is 7.20. The summed E-state index contributed by atoms with van der Waals surface area (Å²) in [5.74, 6) is 0. The standard InChI is InChI=1S/C22H30O7/c1-2-13-3-5-14(6-4-13)9-15-7-8-16(11-23)17(10-15)19(26)21(28)22(29)20(27)18(25)12-24/h3-8,10,18-29H,2,9,11-12H2,1H3/t18-,19?,20-,21+,22+/m1/s1. The van der Waals surface area contributed by atoms with Gasteiger partial charge in [-0.05, 0) is 40.7 Å². The Bertz CT molecular complexity index is 762. The maximum Gasteiger partial charge on any atom is 0.113 e. The van der Waals surface area contributed by atoms with Crippen molar-refractivity contribution in [2.75, 3.05) is 6.61 Å². The Balaban J connectivity index is 2.24. The third kappa shape index (κ3) is 5.83. The van der Waals surface area contributed by atoms with Gasteiger partial charge < -0.3 is 35.7 Å². The molecule has 0 aliphatic carbocycles. The van der Waals surface area contributed by atoms with Gasteiger partial charge in [0.25, 0.3) is 0 Å². The summed E-state index contributed by atoms with van der Waals surface area (Å²) in [6.07, 6.45) is -7.35. The summed E-state index contributed by atoms with van der Waals surface area (Å²) in [6, 6.07) is 13.2. The van der Waals surface area contributed by atoms with E-state index in [1.165, 1.54) is 5.56 Å². The molecule has 0 fully saturated rings. The van der Waals surface area contributed by atoms with E-state index in [-0.39, 0.29) is 12.2 Å². The summed E-state index contributed by atoms with van der Waals surface area (Å²) >= 11 is 0. The van der Waals surface area contributed by atoms with Gasteiger partial charge in [-0.25, -0.2) is 0 Å². The summed E-state index contributed by atoms with van der Waals surface area (Å²) < 4.78 is 0. The highest BCUT2D eigenvalue weighted by atomic mass is 16.4. The molecule has 0 amide bonds. The van der Waals surface area contributed by atoms with Crippen LogP contribution in [0.2, 0.25) is 0 Å². The smallest absolute Gasteiger partial charge is 0.113 e. The van der Waals surface area contributed by atoms with Crippen molar-refractivity contribution in [2.24, 2.45) is 0 Å². The third-order valence-corrected chi connectivity index (χ3v) is 5.14. The van der Waals surface area contributed by atoms with Crippen LogP contribution in [0.15, 0.2) is 42.5 Å². The topological polar surface area (TPSA) is 142 Å². The fourth-order valence-corrected chi connectivity index (χ4v) is 3.21. The third-order valence-electron chi connectivity index (χ3n) is 5.14. The van der Waals surface area contributed by atoms with Crippen LogP contribution >= 0.6 is 0 Å². The van der Waals surface area contributed by atoms with Crippen molar-refractivity contribution in [1.29, 1.82) is 0 Å². The fourth-order valence-electron chi connectivity index (χ4n) is 3.21. The Morgan fingerprint density at radius 2 is 1.31 bits per heavy atom. The van der Waals surface area contributed by atoms with Gasteiger partial charge in [0.1, 0.15) is 30.5 Å². The summed E-state index contributed by atoms with van der Waals surface area (Å²) in [5, 5.41) is 68.6. The van der Waals surface area contributed by atoms with Crippen molar-refractivity contribution in [3.63, 3.8) is 0 Å². The highest BCUT2D eigenvalue weighted by Crippen LogP contribution is 2.27. The number of aryl methyl sites for hydroxylation is 1. The Morgan fingerprint density at radius 1 is 0.724 bits per heavy atom. The summed E-state index contributed by atoms with van der Waals surface area (Å²) in [7, 11) is 0. The lowest BCUT2D eigenvalue weighted by Gasteiger charge is -2.29. The first-order valence-corrected chi connectivity index (χ1v) is 9.63. The molecule has 0 aliphatic heterocycles. The van der Waals surface area contributed by atoms with Crippen LogP contribution in [0.3, 0.4) is 0 Å². The van der Waals surface area contributed by atoms with Gasteiger partial charge in [0.15, 0.2) is 0 Å². The van der Waals surface area contributed by atoms with Gasteiger partial charge in [-0.15, -0.1) is 0 Å². The van der Waals surface area contributed by atoms with Crippen molar-refractivity contribution < 1.29 is 35.7 Å². The van der Waals surface area contributed by atoms with Crippen molar-refractivity contribution in [2.45, 2.75) is 56.9 Å². The zero-order chi connectivity index (χ0) is 21.6. The molecule has 7 heteroatoms. The molecule has 7 nitrogen and oxygen atoms in total. The number of aliphatic hydroxyl groups is 7. The zero-order valence-electron chi connectivity index (χ0n) is 16.4. The molecular weight excluding hydrogens is 376 g/mol. The molecule has 0 saturated heterocycles. The first kappa shape index (κ1) is 23.4. The van der Waals surface area contributed by atoms with Gasteiger partial charge in [-0.1, -0.05) is 49.4 Å². The van der Waals surface area contributed by atoms with E-state index in [9.17, 15) is 30.6 Å². The molecule has 0 saturated carbocycles. The Labute approximate surface area is 170 Å². The van der Waals surface area contributed by atoms with E-state index in [2.05, 4.69) is 6.92 Å². The maximum absolute atomic E-state index is 10.6. The minimum absolute atomic E-state index is 0.215. The van der Waals surface area contributed by atoms with E-state index in [0.717, 1.165) is 17.5 Å². The van der Waals surface area contributed by atoms with Gasteiger partial charge in [0.2, 0.25) is 0 Å². The summed E-state index contributed by atoms with van der Waals surface area (Å²) in [5.41, 5.74) is 3.69. The predicted octanol–water partition coefficient (Wildman–Crippen LogP) is -0.199. The quantitative estimate of drug-likeness (QED) is 0.290. The molecule has 0 spiro atoms. The lowest BCUT2D eigenvalue weighted by Crippen LogP contribution is -2.47. The summed E-state index contributed by atoms with van der Waals surface area (Å²) in [4.78, 5) is 0. The second kappa shape index (κ2) is 10.8. The molecule has 160 valence electrons. The molecule has 0 aromatic heterocycles. The minimum atomic E-state index is -1.90. The van der Waals surface area contributed by atoms with Crippen LogP contribution in [0, 0.1) is 0 Å². The summed E-state index contributed by atoms with van der Waals surface area (Å²) in [6.45, 7) is 0.879. The lowest BCUT2D eigenvalue weighted by atomic mass is 9.90. The average molecular weight is 406 g/mol. The molecule has 7 N–H and O–H groups in total. The number of rotatable bonds is 10. The maximum atomic E-state index is 10.6. The van der Waals surface area contributed by atoms with E-state index in [1.807, 2.05) is 30.3 Å². The zero-order valence-corrected chi connectivity index (χ0v) is 16.4. The van der Waals surface area contributed by atoms with Crippen LogP contribution in [0.4, 0.5) is 0 Å². The first-order chi connectivity index (χ1) is 13.8. The molecule has 2 rings (SSSR count). The molecule has 0 heterocycles. The molecule has 1 unspecified atom stereocenters. The highest BCUT2D eigenvalue weighted by Gasteiger charge is 2.35. The van der Waals surface area contributed by atoms with Crippen LogP contribution in [0.25, 0.3) is 0 Å². The van der Waals surface area contributed by atoms with Crippen LogP contribution in [-0.2, 0) is 19.4 Å². The minimum Gasteiger partial charge on any atom is -0.394 e. The molecule has 2 aromatic carbocycles. The molecule has 0 aliphatic rings. The van der Waals surface area contributed by atoms with Crippen molar-refractivity contribution in [3.8, 4) is 0 Å². The first-order valence-electron chi connectivity index (χ1n) is 9.63. The largest absolute Gasteiger partial charge is 0.394 e. The predicted molar refractivity (Wildman–Crippen MR) is 107 cm³/mol. The number of aliphatic hydroxyl groups excluding tert-OH is 7. The van der Waals surface area contributed by atoms with Gasteiger partial charge in [-0.2, -0.15) is 0 Å². The van der Waals surface area contributed by atoms with Crippen LogP contribution in [0.5, 0.6) is 0 Å². The van der Waals surface area contributed by atoms with Crippen LogP contribution in [0.1, 0.15) is 40.8 Å². The number of hydrogen-bond donors (Lipinski definition) is 7. The molecule has 2 aromatic rings. The van der Waals surface area contributed by atoms with E-state index >= 15 is 0 Å². The Morgan fingerprint density at radius 3 is 1.86 bits per heavy atom. The van der Waals surface area contributed by atoms with Crippen molar-refractivity contribution >= 4 is 0 Å². The van der Waals surface area contributed by atoms with Gasteiger partial charge >= 0.3 is 0 Å². The lowest BCUT2D eigenvalue weighted by molar-refractivity contribution is -0.141. The molecular formula is C22H30O7. The second-order valence-electron chi connectivity index (χ2n) is 7.20. The highest BCUT2D eigenvalue weighted by molar-refractivity contribution is 5.37. The number of benzene rings is 2. The number of hydrogen-bond acceptors (Lipinski definition) is 7. The van der Waals surface area contributed by atoms with Crippen molar-refractivity contribution in [3.05, 3.63) is 70.3 Å².